The maximum absolute atomic E-state index is 9.46. The summed E-state index contributed by atoms with van der Waals surface area (Å²) in [6.45, 7) is 7.97. The Bertz CT molecular complexity index is 577. The highest BCUT2D eigenvalue weighted by atomic mass is 35.5. The third-order valence-electron chi connectivity index (χ3n) is 2.95. The molecule has 0 saturated carbocycles. The molecule has 0 aliphatic carbocycles. The van der Waals surface area contributed by atoms with Crippen LogP contribution in [0.15, 0.2) is 36.4 Å². The van der Waals surface area contributed by atoms with Crippen molar-refractivity contribution in [2.75, 3.05) is 0 Å². The van der Waals surface area contributed by atoms with E-state index in [1.54, 1.807) is 24.3 Å². The Balaban J connectivity index is 0.000000204. The number of hydrogen-bond acceptors (Lipinski definition) is 2. The Hall–Kier alpha value is -1.67. The third-order valence-corrected chi connectivity index (χ3v) is 3.37. The summed E-state index contributed by atoms with van der Waals surface area (Å²) in [5.74, 6) is 1.08. The van der Waals surface area contributed by atoms with Gasteiger partial charge in [-0.2, -0.15) is 0 Å². The molecular formula is C17H21ClO2. The van der Waals surface area contributed by atoms with Gasteiger partial charge in [0.05, 0.1) is 0 Å². The fourth-order valence-corrected chi connectivity index (χ4v) is 1.89. The van der Waals surface area contributed by atoms with Crippen molar-refractivity contribution in [3.8, 4) is 11.5 Å². The largest absolute Gasteiger partial charge is 0.508 e. The number of halogens is 1. The highest BCUT2D eigenvalue weighted by Gasteiger charge is 2.03. The van der Waals surface area contributed by atoms with Gasteiger partial charge in [-0.15, -0.1) is 0 Å². The smallest absolute Gasteiger partial charge is 0.119 e. The van der Waals surface area contributed by atoms with Crippen LogP contribution in [0.1, 0.15) is 36.5 Å². The predicted molar refractivity (Wildman–Crippen MR) is 84.8 cm³/mol. The average molecular weight is 293 g/mol. The first-order chi connectivity index (χ1) is 9.31. The van der Waals surface area contributed by atoms with Crippen LogP contribution < -0.4 is 0 Å². The number of phenolic OH excluding ortho intramolecular Hbond substituents is 2. The molecule has 2 aromatic carbocycles. The molecule has 0 aliphatic heterocycles. The average Bonchev–Trinajstić information content (AvgIpc) is 2.34. The minimum atomic E-state index is 0.261. The second-order valence-corrected chi connectivity index (χ2v) is 5.56. The highest BCUT2D eigenvalue weighted by molar-refractivity contribution is 6.31. The van der Waals surface area contributed by atoms with Crippen LogP contribution in [0, 0.1) is 13.8 Å². The number of hydrogen-bond donors (Lipinski definition) is 2. The summed E-state index contributed by atoms with van der Waals surface area (Å²) in [7, 11) is 0. The molecule has 0 saturated heterocycles. The Labute approximate surface area is 125 Å². The van der Waals surface area contributed by atoms with E-state index in [1.165, 1.54) is 0 Å². The summed E-state index contributed by atoms with van der Waals surface area (Å²) in [4.78, 5) is 0. The maximum atomic E-state index is 9.46. The van der Waals surface area contributed by atoms with Crippen molar-refractivity contribution in [2.24, 2.45) is 0 Å². The van der Waals surface area contributed by atoms with Crippen molar-refractivity contribution in [1.29, 1.82) is 0 Å². The fourth-order valence-electron chi connectivity index (χ4n) is 1.77. The van der Waals surface area contributed by atoms with Crippen molar-refractivity contribution < 1.29 is 10.2 Å². The first-order valence-corrected chi connectivity index (χ1v) is 6.93. The lowest BCUT2D eigenvalue weighted by Gasteiger charge is -2.07. The maximum Gasteiger partial charge on any atom is 0.119 e. The van der Waals surface area contributed by atoms with Crippen LogP contribution in [0.25, 0.3) is 0 Å². The lowest BCUT2D eigenvalue weighted by atomic mass is 10.0. The van der Waals surface area contributed by atoms with E-state index in [2.05, 4.69) is 13.8 Å². The Morgan fingerprint density at radius 1 is 0.950 bits per heavy atom. The van der Waals surface area contributed by atoms with Gasteiger partial charge in [-0.05, 0) is 60.7 Å². The second kappa shape index (κ2) is 7.20. The summed E-state index contributed by atoms with van der Waals surface area (Å²) < 4.78 is 0. The zero-order chi connectivity index (χ0) is 15.3. The Morgan fingerprint density at radius 2 is 1.60 bits per heavy atom. The minimum absolute atomic E-state index is 0.261. The van der Waals surface area contributed by atoms with Crippen molar-refractivity contribution in [1.82, 2.24) is 0 Å². The molecule has 0 aliphatic rings. The van der Waals surface area contributed by atoms with Crippen LogP contribution in [-0.2, 0) is 0 Å². The molecule has 0 aromatic heterocycles. The van der Waals surface area contributed by atoms with Gasteiger partial charge in [0.15, 0.2) is 0 Å². The molecule has 20 heavy (non-hydrogen) atoms. The molecule has 0 spiro atoms. The van der Waals surface area contributed by atoms with Crippen LogP contribution in [0.4, 0.5) is 0 Å². The Morgan fingerprint density at radius 3 is 2.05 bits per heavy atom. The molecule has 3 heteroatoms. The second-order valence-electron chi connectivity index (χ2n) is 5.15. The van der Waals surface area contributed by atoms with E-state index in [1.807, 2.05) is 26.0 Å². The van der Waals surface area contributed by atoms with Gasteiger partial charge >= 0.3 is 0 Å². The number of aromatic hydroxyl groups is 2. The fraction of sp³-hybridized carbons (Fsp3) is 0.294. The predicted octanol–water partition coefficient (Wildman–Crippen LogP) is 5.18. The van der Waals surface area contributed by atoms with Crippen molar-refractivity contribution in [3.63, 3.8) is 0 Å². The first-order valence-electron chi connectivity index (χ1n) is 6.56. The minimum Gasteiger partial charge on any atom is -0.508 e. The lowest BCUT2D eigenvalue weighted by Crippen LogP contribution is -1.87. The molecule has 2 nitrogen and oxygen atoms in total. The normalized spacial score (nSPS) is 10.1. The topological polar surface area (TPSA) is 40.5 Å². The number of phenols is 2. The Kier molecular flexibility index (Phi) is 5.90. The van der Waals surface area contributed by atoms with Gasteiger partial charge in [-0.1, -0.05) is 37.6 Å². The van der Waals surface area contributed by atoms with Gasteiger partial charge in [0.25, 0.3) is 0 Å². The van der Waals surface area contributed by atoms with Gasteiger partial charge in [0.1, 0.15) is 11.5 Å². The summed E-state index contributed by atoms with van der Waals surface area (Å²) in [5, 5.41) is 19.0. The van der Waals surface area contributed by atoms with Crippen molar-refractivity contribution in [2.45, 2.75) is 33.6 Å². The van der Waals surface area contributed by atoms with Crippen LogP contribution in [-0.4, -0.2) is 10.2 Å². The molecule has 2 aromatic rings. The molecule has 108 valence electrons. The molecule has 0 amide bonds. The number of benzene rings is 2. The molecule has 0 radical (unpaired) electrons. The molecule has 0 heterocycles. The molecular weight excluding hydrogens is 272 g/mol. The summed E-state index contributed by atoms with van der Waals surface area (Å²) in [6.07, 6.45) is 0. The molecule has 0 bridgehead atoms. The zero-order valence-electron chi connectivity index (χ0n) is 12.3. The highest BCUT2D eigenvalue weighted by Crippen LogP contribution is 2.25. The van der Waals surface area contributed by atoms with Gasteiger partial charge < -0.3 is 10.2 Å². The van der Waals surface area contributed by atoms with E-state index >= 15 is 0 Å². The quantitative estimate of drug-likeness (QED) is 0.760. The number of rotatable bonds is 1. The summed E-state index contributed by atoms with van der Waals surface area (Å²) in [5.41, 5.74) is 3.03. The summed E-state index contributed by atoms with van der Waals surface area (Å²) >= 11 is 5.67. The molecule has 2 rings (SSSR count). The van der Waals surface area contributed by atoms with Gasteiger partial charge in [0, 0.05) is 5.02 Å². The van der Waals surface area contributed by atoms with E-state index in [4.69, 9.17) is 16.7 Å². The first kappa shape index (κ1) is 16.4. The molecule has 0 atom stereocenters. The van der Waals surface area contributed by atoms with Crippen molar-refractivity contribution >= 4 is 11.6 Å². The van der Waals surface area contributed by atoms with Crippen LogP contribution in [0.5, 0.6) is 11.5 Å². The molecule has 2 N–H and O–H groups in total. The van der Waals surface area contributed by atoms with Gasteiger partial charge in [0.2, 0.25) is 0 Å². The zero-order valence-corrected chi connectivity index (χ0v) is 13.1. The van der Waals surface area contributed by atoms with E-state index in [0.29, 0.717) is 16.7 Å². The van der Waals surface area contributed by atoms with Crippen molar-refractivity contribution in [3.05, 3.63) is 58.1 Å². The van der Waals surface area contributed by atoms with Crippen LogP contribution in [0.2, 0.25) is 5.02 Å². The van der Waals surface area contributed by atoms with Crippen LogP contribution >= 0.6 is 11.6 Å². The van der Waals surface area contributed by atoms with E-state index in [-0.39, 0.29) is 5.75 Å². The van der Waals surface area contributed by atoms with E-state index in [9.17, 15) is 5.11 Å². The van der Waals surface area contributed by atoms with E-state index in [0.717, 1.165) is 16.7 Å². The van der Waals surface area contributed by atoms with Gasteiger partial charge in [-0.25, -0.2) is 0 Å². The third kappa shape index (κ3) is 4.78. The monoisotopic (exact) mass is 292 g/mol. The molecule has 0 unspecified atom stereocenters. The SMILES string of the molecule is Cc1cc(O)ccc1Cl.Cc1ccc(C(C)C)c(O)c1. The van der Waals surface area contributed by atoms with Gasteiger partial charge in [-0.3, -0.25) is 0 Å². The summed E-state index contributed by atoms with van der Waals surface area (Å²) in [6, 6.07) is 10.7. The lowest BCUT2D eigenvalue weighted by molar-refractivity contribution is 0.464. The standard InChI is InChI=1S/C10H14O.C7H7ClO/c1-7(2)9-5-4-8(3)6-10(9)11;1-5-4-6(9)2-3-7(5)8/h4-7,11H,1-3H3;2-4,9H,1H3. The molecule has 0 fully saturated rings. The van der Waals surface area contributed by atoms with E-state index < -0.39 is 0 Å². The number of aryl methyl sites for hydroxylation is 2. The van der Waals surface area contributed by atoms with Crippen LogP contribution in [0.3, 0.4) is 0 Å².